The van der Waals surface area contributed by atoms with E-state index in [2.05, 4.69) is 130 Å². The zero-order valence-electron chi connectivity index (χ0n) is 53.3. The Morgan fingerprint density at radius 3 is 0.815 bits per heavy atom. The van der Waals surface area contributed by atoms with E-state index in [0.29, 0.717) is 19.3 Å². The number of hydrogen-bond donors (Lipinski definition) is 0. The normalized spacial score (nSPS) is 12.8. The highest BCUT2D eigenvalue weighted by Crippen LogP contribution is 2.17. The van der Waals surface area contributed by atoms with E-state index in [0.717, 1.165) is 128 Å². The van der Waals surface area contributed by atoms with Crippen molar-refractivity contribution in [1.29, 1.82) is 0 Å². The largest absolute Gasteiger partial charge is 0.462 e. The van der Waals surface area contributed by atoms with Crippen LogP contribution in [-0.4, -0.2) is 37.2 Å². The number of carbonyl (C=O) groups is 3. The molecule has 0 bridgehead atoms. The van der Waals surface area contributed by atoms with Crippen molar-refractivity contribution in [2.75, 3.05) is 13.2 Å². The van der Waals surface area contributed by atoms with Crippen LogP contribution < -0.4 is 0 Å². The van der Waals surface area contributed by atoms with Gasteiger partial charge in [0, 0.05) is 19.3 Å². The average molecular weight is 1130 g/mol. The van der Waals surface area contributed by atoms with Crippen molar-refractivity contribution in [1.82, 2.24) is 0 Å². The highest BCUT2D eigenvalue weighted by Gasteiger charge is 2.19. The topological polar surface area (TPSA) is 78.9 Å². The second-order valence-corrected chi connectivity index (χ2v) is 22.7. The summed E-state index contributed by atoms with van der Waals surface area (Å²) in [6.45, 7) is 6.47. The van der Waals surface area contributed by atoms with Gasteiger partial charge in [0.05, 0.1) is 0 Å². The minimum Gasteiger partial charge on any atom is -0.462 e. The smallest absolute Gasteiger partial charge is 0.306 e. The molecule has 0 aliphatic rings. The molecule has 0 aromatic carbocycles. The van der Waals surface area contributed by atoms with Gasteiger partial charge < -0.3 is 14.2 Å². The summed E-state index contributed by atoms with van der Waals surface area (Å²) in [6, 6.07) is 0. The van der Waals surface area contributed by atoms with Crippen LogP contribution in [0.1, 0.15) is 329 Å². The minimum atomic E-state index is -0.787. The lowest BCUT2D eigenvalue weighted by Gasteiger charge is -2.18. The Morgan fingerprint density at radius 1 is 0.259 bits per heavy atom. The Hall–Kier alpha value is -3.93. The van der Waals surface area contributed by atoms with Gasteiger partial charge in [0.15, 0.2) is 6.10 Å². The second kappa shape index (κ2) is 68.6. The van der Waals surface area contributed by atoms with E-state index in [1.54, 1.807) is 0 Å². The van der Waals surface area contributed by atoms with Gasteiger partial charge >= 0.3 is 17.9 Å². The Balaban J connectivity index is 4.26. The van der Waals surface area contributed by atoms with E-state index >= 15 is 0 Å². The molecule has 0 fully saturated rings. The van der Waals surface area contributed by atoms with Crippen molar-refractivity contribution in [2.45, 2.75) is 335 Å². The molecule has 6 heteroatoms. The standard InChI is InChI=1S/C75H128O6/c1-4-7-10-13-16-19-22-25-27-29-31-32-33-34-35-36-37-38-39-40-41-42-44-45-47-50-53-56-59-62-65-68-74(77)80-71-72(70-79-73(76)67-64-61-58-55-52-49-24-21-18-15-12-9-6-3)81-75(78)69-66-63-60-57-54-51-48-46-43-30-28-26-23-20-17-14-11-8-5-2/h7,10,12,15-16,19,21,24-28,31-32,34-35,37-38,72H,4-6,8-9,11,13-14,17-18,20,22-23,29-30,33,36,39-71H2,1-3H3/b10-7-,15-12-,19-16-,24-21-,27-25-,28-26-,32-31-,35-34-,38-37-. The molecule has 0 amide bonds. The van der Waals surface area contributed by atoms with Crippen LogP contribution in [0.25, 0.3) is 0 Å². The van der Waals surface area contributed by atoms with Gasteiger partial charge in [-0.25, -0.2) is 0 Å². The van der Waals surface area contributed by atoms with Crippen molar-refractivity contribution in [3.63, 3.8) is 0 Å². The molecule has 0 radical (unpaired) electrons. The van der Waals surface area contributed by atoms with Gasteiger partial charge in [-0.15, -0.1) is 0 Å². The molecule has 0 spiro atoms. The van der Waals surface area contributed by atoms with E-state index in [9.17, 15) is 14.4 Å². The zero-order chi connectivity index (χ0) is 58.5. The summed E-state index contributed by atoms with van der Waals surface area (Å²) in [6.07, 6.45) is 93.9. The average Bonchev–Trinajstić information content (AvgIpc) is 3.46. The maximum absolute atomic E-state index is 12.9. The lowest BCUT2D eigenvalue weighted by atomic mass is 10.0. The molecule has 0 saturated heterocycles. The molecule has 6 nitrogen and oxygen atoms in total. The highest BCUT2D eigenvalue weighted by molar-refractivity contribution is 5.71. The van der Waals surface area contributed by atoms with Crippen LogP contribution in [0.15, 0.2) is 109 Å². The fraction of sp³-hybridized carbons (Fsp3) is 0.720. The maximum Gasteiger partial charge on any atom is 0.306 e. The van der Waals surface area contributed by atoms with Crippen molar-refractivity contribution in [3.05, 3.63) is 109 Å². The second-order valence-electron chi connectivity index (χ2n) is 22.7. The fourth-order valence-electron chi connectivity index (χ4n) is 9.60. The summed E-state index contributed by atoms with van der Waals surface area (Å²) >= 11 is 0. The first-order valence-corrected chi connectivity index (χ1v) is 34.4. The predicted molar refractivity (Wildman–Crippen MR) is 353 cm³/mol. The van der Waals surface area contributed by atoms with Gasteiger partial charge in [-0.3, -0.25) is 14.4 Å². The molecule has 0 rings (SSSR count). The van der Waals surface area contributed by atoms with E-state index in [1.165, 1.54) is 161 Å². The molecule has 0 aliphatic carbocycles. The summed E-state index contributed by atoms with van der Waals surface area (Å²) in [5.74, 6) is -0.890. The van der Waals surface area contributed by atoms with Crippen LogP contribution >= 0.6 is 0 Å². The molecule has 0 heterocycles. The SMILES string of the molecule is CC/C=C\C/C=C\C/C=C\C/C=C\C/C=C\C/C=C\CCCCCCCCCCCCCCC(=O)OCC(COC(=O)CCCCCCC/C=C\C/C=C\CCC)OC(=O)CCCCCCCCCCC/C=C\CCCCCCCC. The van der Waals surface area contributed by atoms with Gasteiger partial charge in [0.2, 0.25) is 0 Å². The lowest BCUT2D eigenvalue weighted by molar-refractivity contribution is -0.167. The number of hydrogen-bond acceptors (Lipinski definition) is 6. The third-order valence-corrected chi connectivity index (χ3v) is 14.7. The Bertz CT molecular complexity index is 1620. The number of carbonyl (C=O) groups excluding carboxylic acids is 3. The van der Waals surface area contributed by atoms with Crippen LogP contribution in [0.5, 0.6) is 0 Å². The van der Waals surface area contributed by atoms with Crippen LogP contribution in [0.3, 0.4) is 0 Å². The van der Waals surface area contributed by atoms with E-state index < -0.39 is 6.10 Å². The summed E-state index contributed by atoms with van der Waals surface area (Å²) in [7, 11) is 0. The number of allylic oxidation sites excluding steroid dienone is 18. The first-order valence-electron chi connectivity index (χ1n) is 34.4. The predicted octanol–water partition coefficient (Wildman–Crippen LogP) is 23.8. The fourth-order valence-corrected chi connectivity index (χ4v) is 9.60. The first kappa shape index (κ1) is 77.1. The van der Waals surface area contributed by atoms with Gasteiger partial charge in [-0.1, -0.05) is 297 Å². The molecule has 1 unspecified atom stereocenters. The molecule has 0 aromatic rings. The lowest BCUT2D eigenvalue weighted by Crippen LogP contribution is -2.30. The maximum atomic E-state index is 12.9. The van der Waals surface area contributed by atoms with E-state index in [4.69, 9.17) is 14.2 Å². The summed E-state index contributed by atoms with van der Waals surface area (Å²) in [4.78, 5) is 38.4. The molecular formula is C75H128O6. The zero-order valence-corrected chi connectivity index (χ0v) is 53.3. The van der Waals surface area contributed by atoms with Crippen LogP contribution in [0.2, 0.25) is 0 Å². The van der Waals surface area contributed by atoms with Crippen molar-refractivity contribution in [2.24, 2.45) is 0 Å². The van der Waals surface area contributed by atoms with Crippen molar-refractivity contribution >= 4 is 17.9 Å². The molecule has 0 aromatic heterocycles. The molecule has 1 atom stereocenters. The minimum absolute atomic E-state index is 0.0831. The monoisotopic (exact) mass is 1120 g/mol. The van der Waals surface area contributed by atoms with Crippen LogP contribution in [0.4, 0.5) is 0 Å². The molecular weight excluding hydrogens is 997 g/mol. The summed E-state index contributed by atoms with van der Waals surface area (Å²) < 4.78 is 16.9. The number of ether oxygens (including phenoxy) is 3. The van der Waals surface area contributed by atoms with Gasteiger partial charge in [0.25, 0.3) is 0 Å². The molecule has 0 saturated carbocycles. The number of unbranched alkanes of at least 4 members (excludes halogenated alkanes) is 33. The number of esters is 3. The summed E-state index contributed by atoms with van der Waals surface area (Å²) in [5.41, 5.74) is 0. The van der Waals surface area contributed by atoms with Gasteiger partial charge in [0.1, 0.15) is 13.2 Å². The first-order chi connectivity index (χ1) is 40.0. The third kappa shape index (κ3) is 66.8. The quantitative estimate of drug-likeness (QED) is 0.0261. The highest BCUT2D eigenvalue weighted by atomic mass is 16.6. The molecule has 0 aliphatic heterocycles. The summed E-state index contributed by atoms with van der Waals surface area (Å²) in [5, 5.41) is 0. The van der Waals surface area contributed by atoms with Gasteiger partial charge in [-0.05, 0) is 122 Å². The Kier molecular flexibility index (Phi) is 65.2. The number of rotatable bonds is 62. The molecule has 464 valence electrons. The van der Waals surface area contributed by atoms with Crippen molar-refractivity contribution in [3.8, 4) is 0 Å². The Labute approximate surface area is 501 Å². The van der Waals surface area contributed by atoms with E-state index in [1.807, 2.05) is 0 Å². The molecule has 0 N–H and O–H groups in total. The van der Waals surface area contributed by atoms with Gasteiger partial charge in [-0.2, -0.15) is 0 Å². The third-order valence-electron chi connectivity index (χ3n) is 14.7. The van der Waals surface area contributed by atoms with Crippen LogP contribution in [0, 0.1) is 0 Å². The van der Waals surface area contributed by atoms with E-state index in [-0.39, 0.29) is 31.1 Å². The van der Waals surface area contributed by atoms with Crippen molar-refractivity contribution < 1.29 is 28.6 Å². The molecule has 81 heavy (non-hydrogen) atoms. The Morgan fingerprint density at radius 2 is 0.506 bits per heavy atom. The van der Waals surface area contributed by atoms with Crippen LogP contribution in [-0.2, 0) is 28.6 Å².